The van der Waals surface area contributed by atoms with E-state index >= 15 is 0 Å². The van der Waals surface area contributed by atoms with Crippen LogP contribution in [-0.2, 0) is 9.69 Å². The molecule has 1 saturated heterocycles. The van der Waals surface area contributed by atoms with Crippen molar-refractivity contribution in [1.29, 1.82) is 0 Å². The van der Waals surface area contributed by atoms with Crippen molar-refractivity contribution in [3.63, 3.8) is 0 Å². The Hall–Kier alpha value is -0.0151. The average Bonchev–Trinajstić information content (AvgIpc) is 2.44. The summed E-state index contributed by atoms with van der Waals surface area (Å²) in [4.78, 5) is 8.71. The summed E-state index contributed by atoms with van der Waals surface area (Å²) >= 11 is 0. The molecule has 0 saturated carbocycles. The number of rotatable bonds is 2. The zero-order valence-electron chi connectivity index (χ0n) is 6.93. The van der Waals surface area contributed by atoms with Crippen LogP contribution in [0, 0.1) is 0 Å². The van der Waals surface area contributed by atoms with Crippen molar-refractivity contribution in [1.82, 2.24) is 0 Å². The molecule has 1 radical (unpaired) electrons. The van der Waals surface area contributed by atoms with E-state index in [9.17, 15) is 0 Å². The van der Waals surface area contributed by atoms with Crippen molar-refractivity contribution in [3.8, 4) is 0 Å². The Morgan fingerprint density at radius 3 is 2.10 bits per heavy atom. The fourth-order valence-electron chi connectivity index (χ4n) is 0.594. The van der Waals surface area contributed by atoms with E-state index in [-0.39, 0.29) is 0 Å². The summed E-state index contributed by atoms with van der Waals surface area (Å²) in [5, 5.41) is 0. The van der Waals surface area contributed by atoms with E-state index in [4.69, 9.17) is 0 Å². The molecule has 1 aliphatic heterocycles. The third-order valence-electron chi connectivity index (χ3n) is 1.16. The van der Waals surface area contributed by atoms with Crippen LogP contribution in [0.5, 0.6) is 0 Å². The predicted molar refractivity (Wildman–Crippen MR) is 42.8 cm³/mol. The summed E-state index contributed by atoms with van der Waals surface area (Å²) in [5.41, 5.74) is 0. The van der Waals surface area contributed by atoms with Gasteiger partial charge in [-0.05, 0) is 6.32 Å². The van der Waals surface area contributed by atoms with Gasteiger partial charge in [-0.15, -0.1) is 0 Å². The highest BCUT2D eigenvalue weighted by Crippen LogP contribution is 1.91. The number of hydrogen-bond acceptors (Lipinski definition) is 2. The van der Waals surface area contributed by atoms with E-state index in [0.29, 0.717) is 0 Å². The lowest BCUT2D eigenvalue weighted by molar-refractivity contribution is -0.181. The van der Waals surface area contributed by atoms with Gasteiger partial charge in [-0.2, -0.15) is 0 Å². The normalized spacial score (nSPS) is 15.4. The van der Waals surface area contributed by atoms with Crippen molar-refractivity contribution in [2.45, 2.75) is 39.4 Å². The maximum atomic E-state index is 4.39. The van der Waals surface area contributed by atoms with Crippen LogP contribution in [0.3, 0.4) is 0 Å². The van der Waals surface area contributed by atoms with Crippen LogP contribution in [-0.4, -0.2) is 14.1 Å². The molecule has 1 heterocycles. The summed E-state index contributed by atoms with van der Waals surface area (Å²) in [6.45, 7) is 5.15. The standard InChI is InChI=1S/C5H12.C2H4BO2/c1-3-5-4-2;1-2-4-5-3-1/h3-5H2,1-2H3;1-2H2. The molecule has 0 bridgehead atoms. The molecule has 0 aromatic carbocycles. The largest absolute Gasteiger partial charge is 0.346 e. The quantitative estimate of drug-likeness (QED) is 0.435. The first kappa shape index (κ1) is 9.98. The molecule has 1 aliphatic rings. The molecule has 0 N–H and O–H groups in total. The first-order valence-electron chi connectivity index (χ1n) is 4.01. The smallest absolute Gasteiger partial charge is 0.311 e. The summed E-state index contributed by atoms with van der Waals surface area (Å²) in [6, 6.07) is 0. The van der Waals surface area contributed by atoms with Crippen molar-refractivity contribution in [2.24, 2.45) is 0 Å². The van der Waals surface area contributed by atoms with Crippen molar-refractivity contribution < 1.29 is 9.69 Å². The van der Waals surface area contributed by atoms with Crippen LogP contribution >= 0.6 is 0 Å². The lowest BCUT2D eigenvalue weighted by Gasteiger charge is -1.79. The van der Waals surface area contributed by atoms with Crippen LogP contribution in [0.1, 0.15) is 33.1 Å². The van der Waals surface area contributed by atoms with E-state index in [0.717, 1.165) is 12.9 Å². The molecule has 10 heavy (non-hydrogen) atoms. The van der Waals surface area contributed by atoms with E-state index in [1.807, 2.05) is 0 Å². The molecule has 0 atom stereocenters. The second-order valence-corrected chi connectivity index (χ2v) is 2.23. The molecule has 0 aromatic rings. The molecule has 0 amide bonds. The van der Waals surface area contributed by atoms with E-state index < -0.39 is 0 Å². The van der Waals surface area contributed by atoms with Crippen molar-refractivity contribution in [3.05, 3.63) is 0 Å². The van der Waals surface area contributed by atoms with Crippen molar-refractivity contribution >= 4 is 7.48 Å². The highest BCUT2D eigenvalue weighted by Gasteiger charge is 2.00. The van der Waals surface area contributed by atoms with Crippen LogP contribution < -0.4 is 0 Å². The fraction of sp³-hybridized carbons (Fsp3) is 1.00. The molecular weight excluding hydrogens is 127 g/mol. The molecule has 0 aromatic heterocycles. The third-order valence-corrected chi connectivity index (χ3v) is 1.16. The third kappa shape index (κ3) is 7.98. The van der Waals surface area contributed by atoms with Gasteiger partial charge in [-0.1, -0.05) is 33.1 Å². The Kier molecular flexibility index (Phi) is 8.97. The highest BCUT2D eigenvalue weighted by molar-refractivity contribution is 6.27. The zero-order chi connectivity index (χ0) is 7.66. The Morgan fingerprint density at radius 2 is 2.00 bits per heavy atom. The Bertz CT molecular complexity index is 46.0. The number of unbranched alkanes of at least 4 members (excludes halogenated alkanes) is 2. The fourth-order valence-corrected chi connectivity index (χ4v) is 0.594. The summed E-state index contributed by atoms with van der Waals surface area (Å²) in [6.07, 6.45) is 5.01. The minimum absolute atomic E-state index is 0.722. The predicted octanol–water partition coefficient (Wildman–Crippen LogP) is 2.18. The van der Waals surface area contributed by atoms with Gasteiger partial charge < -0.3 is 4.81 Å². The van der Waals surface area contributed by atoms with E-state index in [2.05, 4.69) is 23.5 Å². The molecule has 0 aliphatic carbocycles. The van der Waals surface area contributed by atoms with Crippen molar-refractivity contribution in [2.75, 3.05) is 6.61 Å². The zero-order valence-corrected chi connectivity index (χ0v) is 6.93. The maximum absolute atomic E-state index is 4.39. The van der Waals surface area contributed by atoms with E-state index in [1.54, 1.807) is 7.48 Å². The number of hydrogen-bond donors (Lipinski definition) is 0. The van der Waals surface area contributed by atoms with Crippen LogP contribution in [0.2, 0.25) is 6.32 Å². The first-order chi connectivity index (χ1) is 4.91. The molecule has 1 rings (SSSR count). The SMILES string of the molecule is CCCCC.[B]1CCOO1. The summed E-state index contributed by atoms with van der Waals surface area (Å²) in [7, 11) is 1.64. The minimum Gasteiger partial charge on any atom is -0.311 e. The van der Waals surface area contributed by atoms with Gasteiger partial charge in [0.05, 0.1) is 6.61 Å². The lowest BCUT2D eigenvalue weighted by Crippen LogP contribution is -1.78. The second kappa shape index (κ2) is 8.98. The van der Waals surface area contributed by atoms with Gasteiger partial charge in [0, 0.05) is 0 Å². The molecule has 2 nitrogen and oxygen atoms in total. The lowest BCUT2D eigenvalue weighted by atomic mass is 9.99. The van der Waals surface area contributed by atoms with E-state index in [1.165, 1.54) is 19.3 Å². The van der Waals surface area contributed by atoms with Crippen LogP contribution in [0.25, 0.3) is 0 Å². The van der Waals surface area contributed by atoms with Gasteiger partial charge in [0.2, 0.25) is 0 Å². The molecule has 0 spiro atoms. The Morgan fingerprint density at radius 1 is 1.30 bits per heavy atom. The first-order valence-corrected chi connectivity index (χ1v) is 4.01. The second-order valence-electron chi connectivity index (χ2n) is 2.23. The Labute approximate surface area is 64.1 Å². The topological polar surface area (TPSA) is 18.5 Å². The summed E-state index contributed by atoms with van der Waals surface area (Å²) < 4.78 is 0. The molecule has 0 unspecified atom stereocenters. The minimum atomic E-state index is 0.722. The van der Waals surface area contributed by atoms with Gasteiger partial charge >= 0.3 is 7.48 Å². The molecule has 1 fully saturated rings. The highest BCUT2D eigenvalue weighted by atomic mass is 17.2. The molecule has 3 heteroatoms. The Balaban J connectivity index is 0.000000162. The summed E-state index contributed by atoms with van der Waals surface area (Å²) in [5.74, 6) is 0. The monoisotopic (exact) mass is 143 g/mol. The molecular formula is C7H16BO2. The maximum Gasteiger partial charge on any atom is 0.346 e. The van der Waals surface area contributed by atoms with Crippen LogP contribution in [0.4, 0.5) is 0 Å². The van der Waals surface area contributed by atoms with Gasteiger partial charge in [0.25, 0.3) is 0 Å². The van der Waals surface area contributed by atoms with Gasteiger partial charge in [-0.3, -0.25) is 4.89 Å². The molecule has 59 valence electrons. The van der Waals surface area contributed by atoms with Gasteiger partial charge in [0.1, 0.15) is 0 Å². The van der Waals surface area contributed by atoms with Gasteiger partial charge in [0.15, 0.2) is 0 Å². The van der Waals surface area contributed by atoms with Gasteiger partial charge in [-0.25, -0.2) is 0 Å². The average molecular weight is 143 g/mol. The van der Waals surface area contributed by atoms with Crippen LogP contribution in [0.15, 0.2) is 0 Å².